The Morgan fingerprint density at radius 1 is 0.727 bits per heavy atom. The van der Waals surface area contributed by atoms with Crippen LogP contribution in [0.15, 0.2) is 12.2 Å². The van der Waals surface area contributed by atoms with E-state index in [-0.39, 0.29) is 0 Å². The van der Waals surface area contributed by atoms with E-state index in [0.29, 0.717) is 0 Å². The second-order valence-corrected chi connectivity index (χ2v) is 4.79. The van der Waals surface area contributed by atoms with E-state index in [4.69, 9.17) is 0 Å². The second kappa shape index (κ2) is 1.73. The number of hydrogen-bond acceptors (Lipinski definition) is 0. The Labute approximate surface area is 68.7 Å². The molecule has 0 spiro atoms. The van der Waals surface area contributed by atoms with E-state index in [9.17, 15) is 0 Å². The van der Waals surface area contributed by atoms with Gasteiger partial charge in [-0.15, -0.1) is 0 Å². The first kappa shape index (κ1) is 6.28. The van der Waals surface area contributed by atoms with Crippen LogP contribution in [0, 0.1) is 10.8 Å². The van der Waals surface area contributed by atoms with Crippen molar-refractivity contribution in [2.45, 2.75) is 44.9 Å². The zero-order valence-corrected chi connectivity index (χ0v) is 7.10. The molecule has 0 aliphatic heterocycles. The summed E-state index contributed by atoms with van der Waals surface area (Å²) in [6.45, 7) is 0. The Morgan fingerprint density at radius 3 is 1.73 bits per heavy atom. The maximum absolute atomic E-state index is 2.40. The van der Waals surface area contributed by atoms with Crippen molar-refractivity contribution in [2.24, 2.45) is 10.8 Å². The fourth-order valence-corrected chi connectivity index (χ4v) is 3.52. The van der Waals surface area contributed by atoms with Gasteiger partial charge in [-0.25, -0.2) is 0 Å². The first-order valence-electron chi connectivity index (χ1n) is 5.02. The third kappa shape index (κ3) is 0.617. The molecule has 0 radical (unpaired) electrons. The van der Waals surface area contributed by atoms with Crippen LogP contribution in [0.1, 0.15) is 44.9 Å². The molecular weight excluding hydrogens is 132 g/mol. The molecule has 2 unspecified atom stereocenters. The van der Waals surface area contributed by atoms with Crippen molar-refractivity contribution in [1.82, 2.24) is 0 Å². The average Bonchev–Trinajstić information content (AvgIpc) is 2.43. The summed E-state index contributed by atoms with van der Waals surface area (Å²) in [5.74, 6) is 0. The summed E-state index contributed by atoms with van der Waals surface area (Å²) < 4.78 is 0. The molecule has 0 N–H and O–H groups in total. The zero-order valence-electron chi connectivity index (χ0n) is 7.10. The van der Waals surface area contributed by atoms with Crippen LogP contribution in [0.25, 0.3) is 0 Å². The highest BCUT2D eigenvalue weighted by molar-refractivity contribution is 5.23. The molecule has 0 aromatic heterocycles. The fourth-order valence-electron chi connectivity index (χ4n) is 3.52. The van der Waals surface area contributed by atoms with E-state index in [1.54, 1.807) is 19.3 Å². The zero-order chi connectivity index (χ0) is 7.36. The third-order valence-corrected chi connectivity index (χ3v) is 4.50. The Balaban J connectivity index is 1.85. The van der Waals surface area contributed by atoms with Crippen LogP contribution in [0.2, 0.25) is 0 Å². The molecular formula is C11H16. The molecule has 0 saturated heterocycles. The van der Waals surface area contributed by atoms with Gasteiger partial charge in [0.2, 0.25) is 0 Å². The van der Waals surface area contributed by atoms with Crippen LogP contribution in [0.5, 0.6) is 0 Å². The third-order valence-electron chi connectivity index (χ3n) is 4.50. The number of hydrogen-bond donors (Lipinski definition) is 0. The van der Waals surface area contributed by atoms with E-state index in [1.165, 1.54) is 25.7 Å². The van der Waals surface area contributed by atoms with Gasteiger partial charge < -0.3 is 0 Å². The molecule has 0 aromatic rings. The highest BCUT2D eigenvalue weighted by Crippen LogP contribution is 2.81. The number of allylic oxidation sites excluding steroid dienone is 2. The van der Waals surface area contributed by atoms with Crippen molar-refractivity contribution >= 4 is 0 Å². The molecule has 0 nitrogen and oxygen atoms in total. The number of rotatable bonds is 0. The Morgan fingerprint density at radius 2 is 1.27 bits per heavy atom. The maximum atomic E-state index is 2.40. The standard InChI is InChI=1S/C11H16/c1-2-4-6-11-8-7-10(11,9-11)5-3-1/h1-2H,3-9H2. The van der Waals surface area contributed by atoms with E-state index >= 15 is 0 Å². The van der Waals surface area contributed by atoms with Crippen molar-refractivity contribution in [3.63, 3.8) is 0 Å². The van der Waals surface area contributed by atoms with Gasteiger partial charge in [-0.05, 0) is 55.8 Å². The van der Waals surface area contributed by atoms with Gasteiger partial charge in [-0.2, -0.15) is 0 Å². The molecule has 11 heavy (non-hydrogen) atoms. The van der Waals surface area contributed by atoms with Crippen molar-refractivity contribution in [3.05, 3.63) is 12.2 Å². The molecule has 2 atom stereocenters. The van der Waals surface area contributed by atoms with E-state index in [0.717, 1.165) is 10.8 Å². The largest absolute Gasteiger partial charge is 0.0885 e. The smallest absolute Gasteiger partial charge is 0.0232 e. The van der Waals surface area contributed by atoms with Gasteiger partial charge in [0.1, 0.15) is 0 Å². The first-order valence-corrected chi connectivity index (χ1v) is 5.02. The molecule has 0 amide bonds. The van der Waals surface area contributed by atoms with Gasteiger partial charge in [0.05, 0.1) is 0 Å². The molecule has 60 valence electrons. The van der Waals surface area contributed by atoms with Crippen LogP contribution < -0.4 is 0 Å². The van der Waals surface area contributed by atoms with Crippen molar-refractivity contribution < 1.29 is 0 Å². The van der Waals surface area contributed by atoms with E-state index in [1.807, 2.05) is 0 Å². The lowest BCUT2D eigenvalue weighted by Gasteiger charge is -2.36. The molecule has 0 aromatic carbocycles. The summed E-state index contributed by atoms with van der Waals surface area (Å²) in [6.07, 6.45) is 15.2. The lowest BCUT2D eigenvalue weighted by atomic mass is 9.69. The molecule has 3 aliphatic rings. The highest BCUT2D eigenvalue weighted by atomic mass is 14.8. The van der Waals surface area contributed by atoms with E-state index < -0.39 is 0 Å². The molecule has 0 bridgehead atoms. The summed E-state index contributed by atoms with van der Waals surface area (Å²) >= 11 is 0. The summed E-state index contributed by atoms with van der Waals surface area (Å²) in [5, 5.41) is 0. The molecule has 3 rings (SSSR count). The van der Waals surface area contributed by atoms with Gasteiger partial charge in [-0.3, -0.25) is 0 Å². The Bertz CT molecular complexity index is 194. The Hall–Kier alpha value is -0.260. The minimum absolute atomic E-state index is 0.887. The van der Waals surface area contributed by atoms with Gasteiger partial charge in [0.15, 0.2) is 0 Å². The summed E-state index contributed by atoms with van der Waals surface area (Å²) in [5.41, 5.74) is 1.77. The van der Waals surface area contributed by atoms with Crippen LogP contribution in [0.4, 0.5) is 0 Å². The average molecular weight is 148 g/mol. The SMILES string of the molecule is C1=CCCC23CCC2(CC1)C3. The van der Waals surface area contributed by atoms with E-state index in [2.05, 4.69) is 12.2 Å². The highest BCUT2D eigenvalue weighted by Gasteiger charge is 2.71. The van der Waals surface area contributed by atoms with Gasteiger partial charge in [0.25, 0.3) is 0 Å². The summed E-state index contributed by atoms with van der Waals surface area (Å²) in [7, 11) is 0. The lowest BCUT2D eigenvalue weighted by Crippen LogP contribution is -2.25. The summed E-state index contributed by atoms with van der Waals surface area (Å²) in [4.78, 5) is 0. The first-order chi connectivity index (χ1) is 5.37. The second-order valence-electron chi connectivity index (χ2n) is 4.79. The molecule has 3 aliphatic carbocycles. The van der Waals surface area contributed by atoms with Gasteiger partial charge in [0, 0.05) is 0 Å². The maximum Gasteiger partial charge on any atom is -0.0232 e. The topological polar surface area (TPSA) is 0 Å². The van der Waals surface area contributed by atoms with Crippen molar-refractivity contribution in [3.8, 4) is 0 Å². The minimum atomic E-state index is 0.887. The van der Waals surface area contributed by atoms with Gasteiger partial charge in [-0.1, -0.05) is 12.2 Å². The van der Waals surface area contributed by atoms with Crippen LogP contribution in [-0.4, -0.2) is 0 Å². The van der Waals surface area contributed by atoms with Crippen LogP contribution >= 0.6 is 0 Å². The predicted molar refractivity (Wildman–Crippen MR) is 46.3 cm³/mol. The van der Waals surface area contributed by atoms with Crippen LogP contribution in [0.3, 0.4) is 0 Å². The monoisotopic (exact) mass is 148 g/mol. The summed E-state index contributed by atoms with van der Waals surface area (Å²) in [6, 6.07) is 0. The van der Waals surface area contributed by atoms with Gasteiger partial charge >= 0.3 is 0 Å². The normalized spacial score (nSPS) is 53.1. The predicted octanol–water partition coefficient (Wildman–Crippen LogP) is 3.29. The van der Waals surface area contributed by atoms with Crippen molar-refractivity contribution in [1.29, 1.82) is 0 Å². The Kier molecular flexibility index (Phi) is 0.987. The van der Waals surface area contributed by atoms with Crippen molar-refractivity contribution in [2.75, 3.05) is 0 Å². The molecule has 0 heteroatoms. The molecule has 0 heterocycles. The minimum Gasteiger partial charge on any atom is -0.0885 e. The molecule has 2 fully saturated rings. The fraction of sp³-hybridized carbons (Fsp3) is 0.818. The van der Waals surface area contributed by atoms with Crippen LogP contribution in [-0.2, 0) is 0 Å². The lowest BCUT2D eigenvalue weighted by molar-refractivity contribution is 0.153. The molecule has 2 saturated carbocycles. The quantitative estimate of drug-likeness (QED) is 0.462.